The topological polar surface area (TPSA) is 43.4 Å². The maximum Gasteiger partial charge on any atom is 0.337 e. The molecule has 0 fully saturated rings. The second-order valence-corrected chi connectivity index (χ2v) is 4.68. The SMILES string of the molecule is COC(=O)c1ccc(C(=O)C(C)Cl)c(Br)c1. The van der Waals surface area contributed by atoms with Gasteiger partial charge in [0.15, 0.2) is 5.78 Å². The number of carbonyl (C=O) groups is 2. The number of esters is 1. The van der Waals surface area contributed by atoms with Gasteiger partial charge in [0, 0.05) is 10.0 Å². The van der Waals surface area contributed by atoms with Crippen molar-refractivity contribution in [2.24, 2.45) is 0 Å². The Bertz CT molecular complexity index is 429. The molecule has 1 aromatic carbocycles. The van der Waals surface area contributed by atoms with Gasteiger partial charge in [-0.3, -0.25) is 4.79 Å². The molecule has 5 heteroatoms. The number of ether oxygens (including phenoxy) is 1. The molecule has 86 valence electrons. The molecule has 0 aromatic heterocycles. The van der Waals surface area contributed by atoms with Crippen LogP contribution in [0, 0.1) is 0 Å². The molecule has 1 unspecified atom stereocenters. The molecule has 0 saturated carbocycles. The molecule has 0 aliphatic heterocycles. The number of benzene rings is 1. The van der Waals surface area contributed by atoms with Crippen molar-refractivity contribution in [2.75, 3.05) is 7.11 Å². The summed E-state index contributed by atoms with van der Waals surface area (Å²) in [6, 6.07) is 4.62. The van der Waals surface area contributed by atoms with Crippen LogP contribution in [0.3, 0.4) is 0 Å². The number of Topliss-reactive ketones (excluding diaryl/α,β-unsaturated/α-hetero) is 1. The van der Waals surface area contributed by atoms with Crippen LogP contribution < -0.4 is 0 Å². The second kappa shape index (κ2) is 5.46. The predicted molar refractivity (Wildman–Crippen MR) is 65.1 cm³/mol. The lowest BCUT2D eigenvalue weighted by Crippen LogP contribution is -2.12. The number of alkyl halides is 1. The van der Waals surface area contributed by atoms with Crippen LogP contribution in [0.15, 0.2) is 22.7 Å². The van der Waals surface area contributed by atoms with Crippen LogP contribution in [0.25, 0.3) is 0 Å². The third-order valence-electron chi connectivity index (χ3n) is 2.02. The van der Waals surface area contributed by atoms with Gasteiger partial charge in [-0.15, -0.1) is 11.6 Å². The van der Waals surface area contributed by atoms with E-state index in [1.165, 1.54) is 13.2 Å². The highest BCUT2D eigenvalue weighted by molar-refractivity contribution is 9.10. The minimum Gasteiger partial charge on any atom is -0.465 e. The number of halogens is 2. The predicted octanol–water partition coefficient (Wildman–Crippen LogP) is 3.05. The maximum atomic E-state index is 11.6. The van der Waals surface area contributed by atoms with E-state index in [0.29, 0.717) is 15.6 Å². The molecule has 0 N–H and O–H groups in total. The van der Waals surface area contributed by atoms with Gasteiger partial charge in [-0.2, -0.15) is 0 Å². The zero-order valence-electron chi connectivity index (χ0n) is 8.79. The summed E-state index contributed by atoms with van der Waals surface area (Å²) < 4.78 is 5.10. The average Bonchev–Trinajstić information content (AvgIpc) is 2.26. The van der Waals surface area contributed by atoms with E-state index in [-0.39, 0.29) is 5.78 Å². The Labute approximate surface area is 107 Å². The zero-order chi connectivity index (χ0) is 12.3. The molecule has 0 aliphatic carbocycles. The lowest BCUT2D eigenvalue weighted by molar-refractivity contribution is 0.0600. The normalized spacial score (nSPS) is 12.0. The van der Waals surface area contributed by atoms with E-state index in [4.69, 9.17) is 11.6 Å². The summed E-state index contributed by atoms with van der Waals surface area (Å²) in [6.45, 7) is 1.60. The molecule has 1 rings (SSSR count). The molecule has 1 atom stereocenters. The van der Waals surface area contributed by atoms with Gasteiger partial charge in [-0.25, -0.2) is 4.79 Å². The van der Waals surface area contributed by atoms with Gasteiger partial charge in [0.05, 0.1) is 18.1 Å². The van der Waals surface area contributed by atoms with Crippen molar-refractivity contribution in [1.29, 1.82) is 0 Å². The van der Waals surface area contributed by atoms with Crippen LogP contribution in [-0.4, -0.2) is 24.2 Å². The summed E-state index contributed by atoms with van der Waals surface area (Å²) in [5.74, 6) is -0.636. The molecule has 0 amide bonds. The van der Waals surface area contributed by atoms with E-state index in [0.717, 1.165) is 0 Å². The standard InChI is InChI=1S/C11H10BrClO3/c1-6(13)10(14)8-4-3-7(5-9(8)12)11(15)16-2/h3-6H,1-2H3. The smallest absolute Gasteiger partial charge is 0.337 e. The van der Waals surface area contributed by atoms with Gasteiger partial charge in [-0.1, -0.05) is 15.9 Å². The molecule has 0 spiro atoms. The molecule has 0 aliphatic rings. The Morgan fingerprint density at radius 3 is 2.50 bits per heavy atom. The van der Waals surface area contributed by atoms with E-state index in [9.17, 15) is 9.59 Å². The highest BCUT2D eigenvalue weighted by atomic mass is 79.9. The van der Waals surface area contributed by atoms with Gasteiger partial charge >= 0.3 is 5.97 Å². The van der Waals surface area contributed by atoms with Crippen LogP contribution in [0.5, 0.6) is 0 Å². The fourth-order valence-corrected chi connectivity index (χ4v) is 1.87. The summed E-state index contributed by atoms with van der Waals surface area (Å²) in [5.41, 5.74) is 0.836. The molecule has 3 nitrogen and oxygen atoms in total. The average molecular weight is 306 g/mol. The lowest BCUT2D eigenvalue weighted by atomic mass is 10.1. The molecule has 0 bridgehead atoms. The molecule has 0 radical (unpaired) electrons. The van der Waals surface area contributed by atoms with Gasteiger partial charge < -0.3 is 4.74 Å². The van der Waals surface area contributed by atoms with E-state index >= 15 is 0 Å². The van der Waals surface area contributed by atoms with Crippen molar-refractivity contribution >= 4 is 39.3 Å². The minimum atomic E-state index is -0.597. The fraction of sp³-hybridized carbons (Fsp3) is 0.273. The second-order valence-electron chi connectivity index (χ2n) is 3.17. The quantitative estimate of drug-likeness (QED) is 0.490. The molecule has 0 heterocycles. The van der Waals surface area contributed by atoms with E-state index in [2.05, 4.69) is 20.7 Å². The van der Waals surface area contributed by atoms with Crippen LogP contribution >= 0.6 is 27.5 Å². The Morgan fingerprint density at radius 2 is 2.06 bits per heavy atom. The number of carbonyl (C=O) groups excluding carboxylic acids is 2. The monoisotopic (exact) mass is 304 g/mol. The van der Waals surface area contributed by atoms with Gasteiger partial charge in [0.25, 0.3) is 0 Å². The van der Waals surface area contributed by atoms with Crippen LogP contribution in [0.1, 0.15) is 27.6 Å². The third-order valence-corrected chi connectivity index (χ3v) is 2.87. The van der Waals surface area contributed by atoms with E-state index in [1.54, 1.807) is 19.1 Å². The Kier molecular flexibility index (Phi) is 4.50. The first-order chi connectivity index (χ1) is 7.47. The number of ketones is 1. The van der Waals surface area contributed by atoms with Gasteiger partial charge in [0.2, 0.25) is 0 Å². The Morgan fingerprint density at radius 1 is 1.44 bits per heavy atom. The van der Waals surface area contributed by atoms with Crippen molar-refractivity contribution in [3.05, 3.63) is 33.8 Å². The molecule has 1 aromatic rings. The first kappa shape index (κ1) is 13.2. The third kappa shape index (κ3) is 2.83. The number of rotatable bonds is 3. The highest BCUT2D eigenvalue weighted by Gasteiger charge is 2.17. The molecule has 0 saturated heterocycles. The first-order valence-electron chi connectivity index (χ1n) is 4.53. The van der Waals surface area contributed by atoms with Crippen molar-refractivity contribution < 1.29 is 14.3 Å². The van der Waals surface area contributed by atoms with Crippen LogP contribution in [0.4, 0.5) is 0 Å². The molecular formula is C11H10BrClO3. The first-order valence-corrected chi connectivity index (χ1v) is 5.76. The summed E-state index contributed by atoms with van der Waals surface area (Å²) in [4.78, 5) is 22.9. The maximum absolute atomic E-state index is 11.6. The summed E-state index contributed by atoms with van der Waals surface area (Å²) in [5, 5.41) is -0.597. The van der Waals surface area contributed by atoms with Crippen molar-refractivity contribution in [2.45, 2.75) is 12.3 Å². The summed E-state index contributed by atoms with van der Waals surface area (Å²) >= 11 is 8.93. The molecule has 16 heavy (non-hydrogen) atoms. The zero-order valence-corrected chi connectivity index (χ0v) is 11.1. The van der Waals surface area contributed by atoms with E-state index in [1.807, 2.05) is 0 Å². The summed E-state index contributed by atoms with van der Waals surface area (Å²) in [7, 11) is 1.30. The Hall–Kier alpha value is -0.870. The van der Waals surface area contributed by atoms with Crippen molar-refractivity contribution in [3.8, 4) is 0 Å². The lowest BCUT2D eigenvalue weighted by Gasteiger charge is -2.06. The minimum absolute atomic E-state index is 0.190. The summed E-state index contributed by atoms with van der Waals surface area (Å²) in [6.07, 6.45) is 0. The highest BCUT2D eigenvalue weighted by Crippen LogP contribution is 2.21. The number of hydrogen-bond donors (Lipinski definition) is 0. The molecular weight excluding hydrogens is 295 g/mol. The van der Waals surface area contributed by atoms with Gasteiger partial charge in [0.1, 0.15) is 0 Å². The van der Waals surface area contributed by atoms with Crippen LogP contribution in [0.2, 0.25) is 0 Å². The van der Waals surface area contributed by atoms with Crippen molar-refractivity contribution in [1.82, 2.24) is 0 Å². The number of methoxy groups -OCH3 is 1. The van der Waals surface area contributed by atoms with E-state index < -0.39 is 11.3 Å². The fourth-order valence-electron chi connectivity index (χ4n) is 1.17. The number of hydrogen-bond acceptors (Lipinski definition) is 3. The Balaban J connectivity index is 3.10. The van der Waals surface area contributed by atoms with Crippen molar-refractivity contribution in [3.63, 3.8) is 0 Å². The largest absolute Gasteiger partial charge is 0.465 e. The van der Waals surface area contributed by atoms with Crippen LogP contribution in [-0.2, 0) is 4.74 Å². The van der Waals surface area contributed by atoms with Gasteiger partial charge in [-0.05, 0) is 25.1 Å².